The first kappa shape index (κ1) is 17.4. The Kier molecular flexibility index (Phi) is 4.44. The van der Waals surface area contributed by atoms with Crippen molar-refractivity contribution in [3.63, 3.8) is 0 Å². The molecule has 26 heavy (non-hydrogen) atoms. The summed E-state index contributed by atoms with van der Waals surface area (Å²) in [5.41, 5.74) is 4.27. The number of rotatable bonds is 3. The lowest BCUT2D eigenvalue weighted by Gasteiger charge is -2.44. The van der Waals surface area contributed by atoms with Crippen LogP contribution in [-0.4, -0.2) is 53.8 Å². The number of anilines is 1. The van der Waals surface area contributed by atoms with Crippen LogP contribution in [0.4, 0.5) is 5.95 Å². The normalized spacial score (nSPS) is 19.5. The number of fused-ring (bicyclic) bond motifs is 2. The van der Waals surface area contributed by atoms with Crippen LogP contribution in [0.15, 0.2) is 10.7 Å². The Balaban J connectivity index is 1.53. The van der Waals surface area contributed by atoms with E-state index in [0.29, 0.717) is 0 Å². The molecule has 1 saturated heterocycles. The minimum atomic E-state index is -0.267. The van der Waals surface area contributed by atoms with E-state index in [1.807, 2.05) is 39.0 Å². The van der Waals surface area contributed by atoms with Gasteiger partial charge in [0, 0.05) is 45.5 Å². The first-order valence-electron chi connectivity index (χ1n) is 9.30. The number of likely N-dealkylation sites (tertiary alicyclic amines) is 1. The minimum absolute atomic E-state index is 0.267. The van der Waals surface area contributed by atoms with Gasteiger partial charge in [-0.15, -0.1) is 0 Å². The molecule has 0 aliphatic carbocycles. The van der Waals surface area contributed by atoms with Gasteiger partial charge >= 0.3 is 0 Å². The van der Waals surface area contributed by atoms with Crippen LogP contribution in [0.25, 0.3) is 0 Å². The molecule has 4 rings (SSSR count). The van der Waals surface area contributed by atoms with Crippen molar-refractivity contribution in [3.05, 3.63) is 34.5 Å². The van der Waals surface area contributed by atoms with Crippen LogP contribution >= 0.6 is 0 Å². The SMILES string of the molecule is Cc1noc(C)c1CN1CCC2(CC1)OCCc1cnc(N(C)C)nc12. The fourth-order valence-electron chi connectivity index (χ4n) is 4.02. The number of aromatic nitrogens is 3. The highest BCUT2D eigenvalue weighted by molar-refractivity contribution is 5.35. The van der Waals surface area contributed by atoms with Crippen molar-refractivity contribution in [2.75, 3.05) is 38.7 Å². The third-order valence-corrected chi connectivity index (χ3v) is 5.66. The zero-order valence-corrected chi connectivity index (χ0v) is 16.1. The predicted molar refractivity (Wildman–Crippen MR) is 98.2 cm³/mol. The Labute approximate surface area is 154 Å². The molecule has 0 aromatic carbocycles. The molecule has 0 bridgehead atoms. The summed E-state index contributed by atoms with van der Waals surface area (Å²) in [4.78, 5) is 13.8. The Morgan fingerprint density at radius 1 is 1.23 bits per heavy atom. The molecule has 2 aromatic rings. The zero-order valence-electron chi connectivity index (χ0n) is 16.1. The lowest BCUT2D eigenvalue weighted by molar-refractivity contribution is -0.102. The zero-order chi connectivity index (χ0) is 18.3. The summed E-state index contributed by atoms with van der Waals surface area (Å²) in [6.07, 6.45) is 4.78. The van der Waals surface area contributed by atoms with Crippen LogP contribution in [0.3, 0.4) is 0 Å². The van der Waals surface area contributed by atoms with E-state index in [1.54, 1.807) is 0 Å². The molecule has 7 nitrogen and oxygen atoms in total. The Morgan fingerprint density at radius 3 is 2.65 bits per heavy atom. The van der Waals surface area contributed by atoms with Gasteiger partial charge in [0.15, 0.2) is 0 Å². The molecule has 0 radical (unpaired) electrons. The summed E-state index contributed by atoms with van der Waals surface area (Å²) < 4.78 is 11.6. The summed E-state index contributed by atoms with van der Waals surface area (Å²) >= 11 is 0. The van der Waals surface area contributed by atoms with Crippen molar-refractivity contribution >= 4 is 5.95 Å². The molecule has 1 fully saturated rings. The maximum absolute atomic E-state index is 6.33. The lowest BCUT2D eigenvalue weighted by Crippen LogP contribution is -2.47. The molecular weight excluding hydrogens is 330 g/mol. The smallest absolute Gasteiger partial charge is 0.225 e. The van der Waals surface area contributed by atoms with E-state index in [0.717, 1.165) is 68.6 Å². The van der Waals surface area contributed by atoms with Gasteiger partial charge in [0.1, 0.15) is 11.4 Å². The Hall–Kier alpha value is -1.99. The summed E-state index contributed by atoms with van der Waals surface area (Å²) in [6.45, 7) is 7.59. The fourth-order valence-corrected chi connectivity index (χ4v) is 4.02. The average molecular weight is 357 g/mol. The fraction of sp³-hybridized carbons (Fsp3) is 0.632. The van der Waals surface area contributed by atoms with Gasteiger partial charge in [-0.3, -0.25) is 4.90 Å². The van der Waals surface area contributed by atoms with Gasteiger partial charge in [0.2, 0.25) is 5.95 Å². The molecular formula is C19H27N5O2. The quantitative estimate of drug-likeness (QED) is 0.834. The van der Waals surface area contributed by atoms with Crippen LogP contribution in [0.2, 0.25) is 0 Å². The van der Waals surface area contributed by atoms with Gasteiger partial charge in [0.05, 0.1) is 18.0 Å². The van der Waals surface area contributed by atoms with Crippen LogP contribution in [0, 0.1) is 13.8 Å². The van der Waals surface area contributed by atoms with E-state index < -0.39 is 0 Å². The van der Waals surface area contributed by atoms with Gasteiger partial charge in [-0.1, -0.05) is 5.16 Å². The van der Waals surface area contributed by atoms with Gasteiger partial charge in [-0.25, -0.2) is 9.97 Å². The minimum Gasteiger partial charge on any atom is -0.368 e. The number of aryl methyl sites for hydroxylation is 2. The Morgan fingerprint density at radius 2 is 2.00 bits per heavy atom. The van der Waals surface area contributed by atoms with Gasteiger partial charge in [-0.2, -0.15) is 0 Å². The second-order valence-corrected chi connectivity index (χ2v) is 7.61. The summed E-state index contributed by atoms with van der Waals surface area (Å²) in [5, 5.41) is 4.07. The molecule has 1 spiro atoms. The molecule has 0 unspecified atom stereocenters. The number of nitrogens with zero attached hydrogens (tertiary/aromatic N) is 5. The summed E-state index contributed by atoms with van der Waals surface area (Å²) in [5.74, 6) is 1.68. The van der Waals surface area contributed by atoms with E-state index in [4.69, 9.17) is 14.2 Å². The number of piperidine rings is 1. The topological polar surface area (TPSA) is 67.5 Å². The van der Waals surface area contributed by atoms with E-state index in [2.05, 4.69) is 15.0 Å². The van der Waals surface area contributed by atoms with Gasteiger partial charge < -0.3 is 14.2 Å². The third-order valence-electron chi connectivity index (χ3n) is 5.66. The molecule has 0 saturated carbocycles. The van der Waals surface area contributed by atoms with Crippen molar-refractivity contribution in [2.45, 2.75) is 45.3 Å². The largest absolute Gasteiger partial charge is 0.368 e. The number of hydrogen-bond acceptors (Lipinski definition) is 7. The molecule has 2 aliphatic rings. The molecule has 2 aromatic heterocycles. The number of ether oxygens (including phenoxy) is 1. The second-order valence-electron chi connectivity index (χ2n) is 7.61. The highest BCUT2D eigenvalue weighted by atomic mass is 16.5. The van der Waals surface area contributed by atoms with Crippen LogP contribution in [0.5, 0.6) is 0 Å². The maximum atomic E-state index is 6.33. The summed E-state index contributed by atoms with van der Waals surface area (Å²) in [7, 11) is 3.95. The highest BCUT2D eigenvalue weighted by Crippen LogP contribution is 2.41. The number of hydrogen-bond donors (Lipinski definition) is 0. The van der Waals surface area contributed by atoms with Crippen molar-refractivity contribution < 1.29 is 9.26 Å². The van der Waals surface area contributed by atoms with E-state index in [-0.39, 0.29) is 5.60 Å². The average Bonchev–Trinajstić information content (AvgIpc) is 2.95. The van der Waals surface area contributed by atoms with Gasteiger partial charge in [-0.05, 0) is 38.7 Å². The van der Waals surface area contributed by atoms with E-state index in [1.165, 1.54) is 11.1 Å². The van der Waals surface area contributed by atoms with Crippen molar-refractivity contribution in [1.29, 1.82) is 0 Å². The molecule has 0 N–H and O–H groups in total. The van der Waals surface area contributed by atoms with Crippen LogP contribution < -0.4 is 4.90 Å². The van der Waals surface area contributed by atoms with Crippen LogP contribution in [0.1, 0.15) is 41.1 Å². The second kappa shape index (κ2) is 6.63. The van der Waals surface area contributed by atoms with Crippen molar-refractivity contribution in [3.8, 4) is 0 Å². The standard InChI is InChI=1S/C19H27N5O2/c1-13-16(14(2)26-22-13)12-24-8-6-19(7-9-24)17-15(5-10-25-19)11-20-18(21-17)23(3)4/h11H,5-10,12H2,1-4H3. The Bertz CT molecular complexity index is 774. The van der Waals surface area contributed by atoms with E-state index >= 15 is 0 Å². The first-order valence-corrected chi connectivity index (χ1v) is 9.30. The van der Waals surface area contributed by atoms with E-state index in [9.17, 15) is 0 Å². The predicted octanol–water partition coefficient (Wildman–Crippen LogP) is 2.21. The van der Waals surface area contributed by atoms with Crippen LogP contribution in [-0.2, 0) is 23.3 Å². The lowest BCUT2D eigenvalue weighted by atomic mass is 9.83. The molecule has 0 amide bonds. The van der Waals surface area contributed by atoms with Gasteiger partial charge in [0.25, 0.3) is 0 Å². The van der Waals surface area contributed by atoms with Crippen molar-refractivity contribution in [2.24, 2.45) is 0 Å². The molecule has 7 heteroatoms. The molecule has 0 atom stereocenters. The first-order chi connectivity index (χ1) is 12.5. The van der Waals surface area contributed by atoms with Crippen molar-refractivity contribution in [1.82, 2.24) is 20.0 Å². The highest BCUT2D eigenvalue weighted by Gasteiger charge is 2.42. The summed E-state index contributed by atoms with van der Waals surface area (Å²) in [6, 6.07) is 0. The monoisotopic (exact) mass is 357 g/mol. The molecule has 2 aliphatic heterocycles. The third kappa shape index (κ3) is 2.99. The molecule has 4 heterocycles. The maximum Gasteiger partial charge on any atom is 0.225 e. The molecule has 140 valence electrons.